The van der Waals surface area contributed by atoms with Crippen LogP contribution in [-0.4, -0.2) is 53.7 Å². The third-order valence-electron chi connectivity index (χ3n) is 3.51. The van der Waals surface area contributed by atoms with Crippen LogP contribution in [0, 0.1) is 0 Å². The average Bonchev–Trinajstić information content (AvgIpc) is 2.77. The van der Waals surface area contributed by atoms with Gasteiger partial charge in [-0.1, -0.05) is 0 Å². The first-order valence-corrected chi connectivity index (χ1v) is 6.64. The van der Waals surface area contributed by atoms with Gasteiger partial charge in [0.25, 0.3) is 0 Å². The molecule has 0 radical (unpaired) electrons. The highest BCUT2D eigenvalue weighted by Gasteiger charge is 2.28. The number of hydrogen-bond donors (Lipinski definition) is 3. The summed E-state index contributed by atoms with van der Waals surface area (Å²) in [5, 5.41) is 13.4. The number of piperidine rings is 1. The van der Waals surface area contributed by atoms with Crippen molar-refractivity contribution < 1.29 is 14.6 Å². The summed E-state index contributed by atoms with van der Waals surface area (Å²) in [5.41, 5.74) is 12.1. The summed E-state index contributed by atoms with van der Waals surface area (Å²) in [5.74, 6) is 0.210. The zero-order valence-corrected chi connectivity index (χ0v) is 11.6. The highest BCUT2D eigenvalue weighted by Crippen LogP contribution is 2.28. The van der Waals surface area contributed by atoms with Crippen molar-refractivity contribution in [1.82, 2.24) is 9.78 Å². The number of aliphatic hydroxyl groups excluding tert-OH is 1. The number of anilines is 2. The van der Waals surface area contributed by atoms with Crippen molar-refractivity contribution in [2.24, 2.45) is 5.73 Å². The third-order valence-corrected chi connectivity index (χ3v) is 3.51. The fraction of sp³-hybridized carbons (Fsp3) is 0.667. The summed E-state index contributed by atoms with van der Waals surface area (Å²) in [6.45, 7) is 1.58. The van der Waals surface area contributed by atoms with E-state index in [0.717, 1.165) is 25.9 Å². The van der Waals surface area contributed by atoms with Gasteiger partial charge < -0.3 is 26.2 Å². The number of aliphatic hydroxyl groups is 1. The van der Waals surface area contributed by atoms with Gasteiger partial charge in [-0.3, -0.25) is 0 Å². The van der Waals surface area contributed by atoms with E-state index in [0.29, 0.717) is 5.82 Å². The van der Waals surface area contributed by atoms with Gasteiger partial charge in [-0.05, 0) is 12.8 Å². The molecule has 0 saturated carbocycles. The maximum atomic E-state index is 11.9. The van der Waals surface area contributed by atoms with E-state index in [9.17, 15) is 4.79 Å². The van der Waals surface area contributed by atoms with Gasteiger partial charge >= 0.3 is 5.97 Å². The van der Waals surface area contributed by atoms with Crippen LogP contribution in [0.1, 0.15) is 23.2 Å². The molecule has 20 heavy (non-hydrogen) atoms. The lowest BCUT2D eigenvalue weighted by atomic mass is 10.1. The van der Waals surface area contributed by atoms with Crippen molar-refractivity contribution >= 4 is 17.6 Å². The molecule has 0 aliphatic carbocycles. The van der Waals surface area contributed by atoms with Crippen LogP contribution in [0.5, 0.6) is 0 Å². The van der Waals surface area contributed by atoms with Crippen LogP contribution >= 0.6 is 0 Å². The van der Waals surface area contributed by atoms with E-state index in [1.165, 1.54) is 11.8 Å². The summed E-state index contributed by atoms with van der Waals surface area (Å²) >= 11 is 0. The molecule has 0 amide bonds. The molecular weight excluding hydrogens is 262 g/mol. The van der Waals surface area contributed by atoms with Crippen LogP contribution in [0.15, 0.2) is 0 Å². The van der Waals surface area contributed by atoms with E-state index in [4.69, 9.17) is 21.3 Å². The molecule has 0 unspecified atom stereocenters. The number of ether oxygens (including phenoxy) is 1. The zero-order valence-electron chi connectivity index (χ0n) is 11.6. The smallest absolute Gasteiger partial charge is 0.345 e. The number of nitrogens with two attached hydrogens (primary N) is 2. The Morgan fingerprint density at radius 3 is 2.70 bits per heavy atom. The monoisotopic (exact) mass is 283 g/mol. The molecule has 112 valence electrons. The predicted molar refractivity (Wildman–Crippen MR) is 74.5 cm³/mol. The first kappa shape index (κ1) is 14.6. The summed E-state index contributed by atoms with van der Waals surface area (Å²) in [4.78, 5) is 13.9. The number of hydrogen-bond acceptors (Lipinski definition) is 7. The molecule has 1 fully saturated rings. The SMILES string of the molecule is COC(=O)c1c(N2CCC(N)CC2)nn(CCO)c1N. The number of rotatable bonds is 4. The van der Waals surface area contributed by atoms with Crippen LogP contribution in [0.4, 0.5) is 11.6 Å². The summed E-state index contributed by atoms with van der Waals surface area (Å²) in [6.07, 6.45) is 1.68. The second kappa shape index (κ2) is 6.10. The Bertz CT molecular complexity index is 480. The first-order chi connectivity index (χ1) is 9.58. The van der Waals surface area contributed by atoms with Crippen molar-refractivity contribution in [3.8, 4) is 0 Å². The molecular formula is C12H21N5O3. The topological polar surface area (TPSA) is 120 Å². The fourth-order valence-electron chi connectivity index (χ4n) is 2.36. The van der Waals surface area contributed by atoms with Crippen LogP contribution < -0.4 is 16.4 Å². The molecule has 2 heterocycles. The highest BCUT2D eigenvalue weighted by atomic mass is 16.5. The summed E-state index contributed by atoms with van der Waals surface area (Å²) in [6, 6.07) is 0.185. The standard InChI is InChI=1S/C12H21N5O3/c1-20-12(19)9-10(14)17(6-7-18)15-11(9)16-4-2-8(13)3-5-16/h8,18H,2-7,13-14H2,1H3. The van der Waals surface area contributed by atoms with Crippen molar-refractivity contribution in [2.45, 2.75) is 25.4 Å². The Kier molecular flexibility index (Phi) is 4.46. The Morgan fingerprint density at radius 2 is 2.15 bits per heavy atom. The number of nitrogen functional groups attached to an aromatic ring is 1. The molecule has 0 atom stereocenters. The Balaban J connectivity index is 2.35. The number of nitrogens with zero attached hydrogens (tertiary/aromatic N) is 3. The number of carbonyl (C=O) groups excluding carboxylic acids is 1. The van der Waals surface area contributed by atoms with Gasteiger partial charge in [0.05, 0.1) is 20.3 Å². The first-order valence-electron chi connectivity index (χ1n) is 6.64. The highest BCUT2D eigenvalue weighted by molar-refractivity contribution is 5.99. The normalized spacial score (nSPS) is 16.4. The van der Waals surface area contributed by atoms with Crippen molar-refractivity contribution in [3.05, 3.63) is 5.56 Å². The molecule has 2 rings (SSSR count). The molecule has 1 aromatic heterocycles. The number of aromatic nitrogens is 2. The Morgan fingerprint density at radius 1 is 1.50 bits per heavy atom. The minimum absolute atomic E-state index is 0.100. The van der Waals surface area contributed by atoms with Gasteiger partial charge in [0.15, 0.2) is 5.82 Å². The maximum Gasteiger partial charge on any atom is 0.345 e. The van der Waals surface area contributed by atoms with Crippen molar-refractivity contribution in [1.29, 1.82) is 0 Å². The Hall–Kier alpha value is -1.80. The van der Waals surface area contributed by atoms with E-state index in [-0.39, 0.29) is 30.6 Å². The van der Waals surface area contributed by atoms with Crippen LogP contribution in [-0.2, 0) is 11.3 Å². The molecule has 5 N–H and O–H groups in total. The third kappa shape index (κ3) is 2.70. The van der Waals surface area contributed by atoms with Crippen LogP contribution in [0.2, 0.25) is 0 Å². The van der Waals surface area contributed by atoms with Gasteiger partial charge in [0.1, 0.15) is 11.4 Å². The zero-order chi connectivity index (χ0) is 14.7. The quantitative estimate of drug-likeness (QED) is 0.617. The van der Waals surface area contributed by atoms with Crippen LogP contribution in [0.3, 0.4) is 0 Å². The fourth-order valence-corrected chi connectivity index (χ4v) is 2.36. The summed E-state index contributed by atoms with van der Waals surface area (Å²) < 4.78 is 6.20. The summed E-state index contributed by atoms with van der Waals surface area (Å²) in [7, 11) is 1.31. The van der Waals surface area contributed by atoms with Gasteiger partial charge in [-0.15, -0.1) is 0 Å². The molecule has 1 aliphatic heterocycles. The largest absolute Gasteiger partial charge is 0.465 e. The lowest BCUT2D eigenvalue weighted by Gasteiger charge is -2.30. The van der Waals surface area contributed by atoms with E-state index in [2.05, 4.69) is 5.10 Å². The second-order valence-electron chi connectivity index (χ2n) is 4.85. The molecule has 8 heteroatoms. The Labute approximate surface area is 117 Å². The molecule has 0 bridgehead atoms. The lowest BCUT2D eigenvalue weighted by molar-refractivity contribution is 0.0602. The minimum atomic E-state index is -0.517. The van der Waals surface area contributed by atoms with Crippen molar-refractivity contribution in [2.75, 3.05) is 37.4 Å². The molecule has 0 aromatic carbocycles. The molecule has 8 nitrogen and oxygen atoms in total. The average molecular weight is 283 g/mol. The van der Waals surface area contributed by atoms with E-state index >= 15 is 0 Å². The van der Waals surface area contributed by atoms with E-state index in [1.54, 1.807) is 0 Å². The van der Waals surface area contributed by atoms with E-state index < -0.39 is 5.97 Å². The number of esters is 1. The van der Waals surface area contributed by atoms with Gasteiger partial charge in [0.2, 0.25) is 0 Å². The minimum Gasteiger partial charge on any atom is -0.465 e. The molecule has 1 aromatic rings. The second-order valence-corrected chi connectivity index (χ2v) is 4.85. The number of carbonyl (C=O) groups is 1. The van der Waals surface area contributed by atoms with Crippen molar-refractivity contribution in [3.63, 3.8) is 0 Å². The number of methoxy groups -OCH3 is 1. The maximum absolute atomic E-state index is 11.9. The van der Waals surface area contributed by atoms with Gasteiger partial charge in [-0.25, -0.2) is 9.48 Å². The molecule has 1 saturated heterocycles. The predicted octanol–water partition coefficient (Wildman–Crippen LogP) is -0.828. The molecule has 0 spiro atoms. The van der Waals surface area contributed by atoms with E-state index in [1.807, 2.05) is 4.90 Å². The van der Waals surface area contributed by atoms with Gasteiger partial charge in [-0.2, -0.15) is 5.10 Å². The molecule has 1 aliphatic rings. The van der Waals surface area contributed by atoms with Gasteiger partial charge in [0, 0.05) is 19.1 Å². The van der Waals surface area contributed by atoms with Crippen LogP contribution in [0.25, 0.3) is 0 Å². The lowest BCUT2D eigenvalue weighted by Crippen LogP contribution is -2.40.